The van der Waals surface area contributed by atoms with Crippen LogP contribution in [-0.2, 0) is 19.6 Å². The number of hydrogen-bond acceptors (Lipinski definition) is 5. The molecule has 1 aliphatic heterocycles. The molecule has 2 aliphatic rings. The number of hydrogen-bond donors (Lipinski definition) is 0. The van der Waals surface area contributed by atoms with E-state index in [0.717, 1.165) is 4.41 Å². The largest absolute Gasteiger partial charge is 0.290 e. The van der Waals surface area contributed by atoms with Crippen molar-refractivity contribution in [2.75, 3.05) is 0 Å². The summed E-state index contributed by atoms with van der Waals surface area (Å²) in [6.45, 7) is 1.52. The molecule has 1 heterocycles. The molecule has 6 nitrogen and oxygen atoms in total. The zero-order valence-electron chi connectivity index (χ0n) is 14.4. The van der Waals surface area contributed by atoms with Crippen molar-refractivity contribution in [1.82, 2.24) is 4.41 Å². The third-order valence-corrected chi connectivity index (χ3v) is 6.43. The third-order valence-electron chi connectivity index (χ3n) is 4.74. The van der Waals surface area contributed by atoms with Crippen LogP contribution in [0.15, 0.2) is 82.3 Å². The summed E-state index contributed by atoms with van der Waals surface area (Å²) in [7, 11) is -3.98. The molecule has 7 heteroatoms. The van der Waals surface area contributed by atoms with Gasteiger partial charge in [0.05, 0.1) is 22.6 Å². The second kappa shape index (κ2) is 6.28. The minimum atomic E-state index is -3.98. The Bertz CT molecular complexity index is 1090. The Kier molecular flexibility index (Phi) is 4.04. The van der Waals surface area contributed by atoms with Crippen molar-refractivity contribution >= 4 is 27.3 Å². The van der Waals surface area contributed by atoms with Gasteiger partial charge in [-0.25, -0.2) is 0 Å². The van der Waals surface area contributed by atoms with Crippen molar-refractivity contribution < 1.29 is 18.0 Å². The Morgan fingerprint density at radius 1 is 0.926 bits per heavy atom. The minimum absolute atomic E-state index is 0.0808. The van der Waals surface area contributed by atoms with Crippen LogP contribution in [0.4, 0.5) is 0 Å². The lowest BCUT2D eigenvalue weighted by molar-refractivity contribution is -0.136. The molecule has 0 bridgehead atoms. The summed E-state index contributed by atoms with van der Waals surface area (Å²) in [6, 6.07) is 15.9. The predicted molar refractivity (Wildman–Crippen MR) is 99.5 cm³/mol. The molecular formula is C20H16N2O4S. The van der Waals surface area contributed by atoms with E-state index in [1.807, 2.05) is 6.07 Å². The maximum absolute atomic E-state index is 13.2. The first-order valence-electron chi connectivity index (χ1n) is 8.41. The van der Waals surface area contributed by atoms with Crippen molar-refractivity contribution in [2.45, 2.75) is 17.9 Å². The van der Waals surface area contributed by atoms with Gasteiger partial charge in [-0.3, -0.25) is 9.59 Å². The van der Waals surface area contributed by atoms with E-state index in [1.165, 1.54) is 25.1 Å². The lowest BCUT2D eigenvalue weighted by Gasteiger charge is -2.27. The van der Waals surface area contributed by atoms with E-state index in [2.05, 4.69) is 5.10 Å². The molecule has 0 saturated heterocycles. The summed E-state index contributed by atoms with van der Waals surface area (Å²) in [5.74, 6) is -2.17. The molecule has 0 amide bonds. The fraction of sp³-hybridized carbons (Fsp3) is 0.150. The highest BCUT2D eigenvalue weighted by atomic mass is 32.2. The van der Waals surface area contributed by atoms with Crippen LogP contribution in [0.1, 0.15) is 12.5 Å². The lowest BCUT2D eigenvalue weighted by atomic mass is 9.80. The number of nitrogens with zero attached hydrogens (tertiary/aromatic N) is 2. The van der Waals surface area contributed by atoms with Crippen molar-refractivity contribution in [2.24, 2.45) is 11.0 Å². The van der Waals surface area contributed by atoms with Crippen LogP contribution >= 0.6 is 0 Å². The fourth-order valence-electron chi connectivity index (χ4n) is 3.39. The number of Topliss-reactive ketones (excluding diaryl/α,β-unsaturated/α-hetero) is 2. The van der Waals surface area contributed by atoms with Crippen LogP contribution in [0.5, 0.6) is 0 Å². The molecule has 2 atom stereocenters. The topological polar surface area (TPSA) is 83.9 Å². The van der Waals surface area contributed by atoms with Crippen LogP contribution in [0.3, 0.4) is 0 Å². The van der Waals surface area contributed by atoms with Gasteiger partial charge in [-0.1, -0.05) is 54.6 Å². The molecule has 4 rings (SSSR count). The number of sulfonamides is 1. The van der Waals surface area contributed by atoms with Crippen LogP contribution in [0, 0.1) is 5.92 Å². The van der Waals surface area contributed by atoms with Crippen LogP contribution in [-0.4, -0.2) is 36.2 Å². The van der Waals surface area contributed by atoms with Crippen LogP contribution < -0.4 is 0 Å². The zero-order valence-corrected chi connectivity index (χ0v) is 15.3. The first-order valence-corrected chi connectivity index (χ1v) is 9.85. The first kappa shape index (κ1) is 17.4. The molecule has 0 fully saturated rings. The molecule has 1 aliphatic carbocycles. The van der Waals surface area contributed by atoms with E-state index in [-0.39, 0.29) is 10.5 Å². The van der Waals surface area contributed by atoms with Crippen molar-refractivity contribution in [3.63, 3.8) is 0 Å². The molecule has 2 aromatic rings. The number of ketones is 2. The summed E-state index contributed by atoms with van der Waals surface area (Å²) < 4.78 is 27.3. The number of hydrazone groups is 1. The Labute approximate surface area is 156 Å². The van der Waals surface area contributed by atoms with E-state index in [9.17, 15) is 18.0 Å². The Balaban J connectivity index is 1.90. The van der Waals surface area contributed by atoms with Gasteiger partial charge in [0.25, 0.3) is 10.0 Å². The van der Waals surface area contributed by atoms with E-state index in [1.54, 1.807) is 42.5 Å². The maximum Gasteiger partial charge on any atom is 0.279 e. The summed E-state index contributed by atoms with van der Waals surface area (Å²) in [5, 5.41) is 4.31. The Hall–Kier alpha value is -3.06. The van der Waals surface area contributed by atoms with E-state index in [4.69, 9.17) is 0 Å². The van der Waals surface area contributed by atoms with Gasteiger partial charge >= 0.3 is 0 Å². The number of carbonyl (C=O) groups excluding carboxylic acids is 2. The van der Waals surface area contributed by atoms with Gasteiger partial charge in [0.2, 0.25) is 11.6 Å². The zero-order chi connectivity index (χ0) is 19.2. The standard InChI is InChI=1S/C20H16N2O4S/c1-13-12-16-17(20(24)19(13)23)18(14-8-4-2-5-9-14)21-22(16)27(25,26)15-10-6-3-7-11-15/h2-12,16-17H,1H3. The molecule has 0 radical (unpaired) electrons. The van der Waals surface area contributed by atoms with Gasteiger partial charge in [0.15, 0.2) is 0 Å². The van der Waals surface area contributed by atoms with Gasteiger partial charge < -0.3 is 0 Å². The summed E-state index contributed by atoms with van der Waals surface area (Å²) in [4.78, 5) is 25.0. The molecule has 0 N–H and O–H groups in total. The highest BCUT2D eigenvalue weighted by Crippen LogP contribution is 2.36. The third kappa shape index (κ3) is 2.71. The number of benzene rings is 2. The van der Waals surface area contributed by atoms with Gasteiger partial charge in [0, 0.05) is 0 Å². The molecule has 2 unspecified atom stereocenters. The molecular weight excluding hydrogens is 364 g/mol. The van der Waals surface area contributed by atoms with E-state index in [0.29, 0.717) is 11.3 Å². The first-order chi connectivity index (χ1) is 12.9. The quantitative estimate of drug-likeness (QED) is 0.764. The SMILES string of the molecule is CC1=CC2C(C(=O)C1=O)C(c1ccccc1)=NN2S(=O)(=O)c1ccccc1. The van der Waals surface area contributed by atoms with Crippen LogP contribution in [0.2, 0.25) is 0 Å². The van der Waals surface area contributed by atoms with Gasteiger partial charge in [-0.05, 0) is 30.2 Å². The molecule has 0 spiro atoms. The summed E-state index contributed by atoms with van der Waals surface area (Å²) in [5.41, 5.74) is 1.15. The van der Waals surface area contributed by atoms with E-state index < -0.39 is 33.5 Å². The number of carbonyl (C=O) groups is 2. The maximum atomic E-state index is 13.2. The predicted octanol–water partition coefficient (Wildman–Crippen LogP) is 2.18. The number of rotatable bonds is 3. The Morgan fingerprint density at radius 3 is 2.15 bits per heavy atom. The molecule has 2 aromatic carbocycles. The highest BCUT2D eigenvalue weighted by Gasteiger charge is 2.50. The van der Waals surface area contributed by atoms with Gasteiger partial charge in [-0.15, -0.1) is 0 Å². The molecule has 136 valence electrons. The van der Waals surface area contributed by atoms with Crippen molar-refractivity contribution in [3.05, 3.63) is 77.9 Å². The van der Waals surface area contributed by atoms with E-state index >= 15 is 0 Å². The molecule has 0 aromatic heterocycles. The smallest absolute Gasteiger partial charge is 0.279 e. The highest BCUT2D eigenvalue weighted by molar-refractivity contribution is 7.89. The lowest BCUT2D eigenvalue weighted by Crippen LogP contribution is -2.45. The van der Waals surface area contributed by atoms with Crippen molar-refractivity contribution in [1.29, 1.82) is 0 Å². The average Bonchev–Trinajstić information content (AvgIpc) is 3.08. The molecule has 0 saturated carbocycles. The number of allylic oxidation sites excluding steroid dienone is 1. The second-order valence-electron chi connectivity index (χ2n) is 6.45. The minimum Gasteiger partial charge on any atom is -0.290 e. The van der Waals surface area contributed by atoms with Crippen molar-refractivity contribution in [3.8, 4) is 0 Å². The summed E-state index contributed by atoms with van der Waals surface area (Å²) in [6.07, 6.45) is 1.52. The normalized spacial score (nSPS) is 22.3. The van der Waals surface area contributed by atoms with Gasteiger partial charge in [-0.2, -0.15) is 17.9 Å². The Morgan fingerprint density at radius 2 is 1.52 bits per heavy atom. The van der Waals surface area contributed by atoms with Crippen LogP contribution in [0.25, 0.3) is 0 Å². The van der Waals surface area contributed by atoms with Gasteiger partial charge in [0.1, 0.15) is 0 Å². The second-order valence-corrected chi connectivity index (χ2v) is 8.25. The summed E-state index contributed by atoms with van der Waals surface area (Å²) >= 11 is 0. The fourth-order valence-corrected chi connectivity index (χ4v) is 4.81. The molecule has 27 heavy (non-hydrogen) atoms. The average molecular weight is 380 g/mol. The monoisotopic (exact) mass is 380 g/mol. The number of fused-ring (bicyclic) bond motifs is 1.